The van der Waals surface area contributed by atoms with Crippen molar-refractivity contribution in [3.05, 3.63) is 96.1 Å². The molecule has 0 atom stereocenters. The van der Waals surface area contributed by atoms with Gasteiger partial charge in [-0.05, 0) is 72.1 Å². The quantitative estimate of drug-likeness (QED) is 0.300. The third-order valence-electron chi connectivity index (χ3n) is 4.38. The molecule has 0 aromatic heterocycles. The zero-order valence-electron chi connectivity index (χ0n) is 16.0. The van der Waals surface area contributed by atoms with E-state index >= 15 is 0 Å². The van der Waals surface area contributed by atoms with Crippen LogP contribution in [0.25, 0.3) is 10.8 Å². The predicted octanol–water partition coefficient (Wildman–Crippen LogP) is 6.85. The summed E-state index contributed by atoms with van der Waals surface area (Å²) < 4.78 is 0. The fourth-order valence-electron chi connectivity index (χ4n) is 2.69. The van der Waals surface area contributed by atoms with Gasteiger partial charge in [-0.2, -0.15) is 10.2 Å². The van der Waals surface area contributed by atoms with Crippen molar-refractivity contribution in [2.75, 3.05) is 5.73 Å². The standard InChI is InChI=1S/C14H15N3.C10H8O/c1-10-5-3-4-6-14(10)17-16-12-7-8-13(15)11(2)9-12;11-10-6-5-8-3-1-2-4-9(8)7-10/h3-9H,15H2,1-2H3;1-7,11H. The Morgan fingerprint density at radius 1 is 0.679 bits per heavy atom. The lowest BCUT2D eigenvalue weighted by molar-refractivity contribution is 0.476. The van der Waals surface area contributed by atoms with Crippen LogP contribution in [0.15, 0.2) is 95.2 Å². The maximum Gasteiger partial charge on any atom is 0.116 e. The number of nitrogens with two attached hydrogens (primary N) is 1. The minimum absolute atomic E-state index is 0.323. The zero-order chi connectivity index (χ0) is 19.9. The average Bonchev–Trinajstić information content (AvgIpc) is 2.70. The summed E-state index contributed by atoms with van der Waals surface area (Å²) in [5.74, 6) is 0.323. The highest BCUT2D eigenvalue weighted by Crippen LogP contribution is 2.23. The van der Waals surface area contributed by atoms with Gasteiger partial charge in [0.15, 0.2) is 0 Å². The summed E-state index contributed by atoms with van der Waals surface area (Å²) in [7, 11) is 0. The van der Waals surface area contributed by atoms with Gasteiger partial charge in [-0.1, -0.05) is 48.5 Å². The van der Waals surface area contributed by atoms with Crippen molar-refractivity contribution < 1.29 is 5.11 Å². The number of hydrogen-bond donors (Lipinski definition) is 2. The molecule has 0 saturated heterocycles. The summed E-state index contributed by atoms with van der Waals surface area (Å²) in [5, 5.41) is 19.8. The van der Waals surface area contributed by atoms with Gasteiger partial charge in [0.25, 0.3) is 0 Å². The summed E-state index contributed by atoms with van der Waals surface area (Å²) in [5.41, 5.74) is 10.4. The molecule has 4 rings (SSSR count). The minimum Gasteiger partial charge on any atom is -0.508 e. The fourth-order valence-corrected chi connectivity index (χ4v) is 2.69. The molecule has 0 heterocycles. The second kappa shape index (κ2) is 8.82. The highest BCUT2D eigenvalue weighted by Gasteiger charge is 1.97. The van der Waals surface area contributed by atoms with Gasteiger partial charge >= 0.3 is 0 Å². The third-order valence-corrected chi connectivity index (χ3v) is 4.38. The van der Waals surface area contributed by atoms with Crippen LogP contribution in [0.4, 0.5) is 17.1 Å². The van der Waals surface area contributed by atoms with E-state index in [1.807, 2.05) is 86.6 Å². The van der Waals surface area contributed by atoms with Gasteiger partial charge in [0, 0.05) is 5.69 Å². The first kappa shape index (κ1) is 19.1. The second-order valence-corrected chi connectivity index (χ2v) is 6.56. The molecule has 4 heteroatoms. The van der Waals surface area contributed by atoms with Crippen LogP contribution < -0.4 is 5.73 Å². The maximum absolute atomic E-state index is 9.13. The third kappa shape index (κ3) is 4.95. The first-order valence-electron chi connectivity index (χ1n) is 9.04. The van der Waals surface area contributed by atoms with E-state index in [-0.39, 0.29) is 0 Å². The molecule has 0 amide bonds. The number of anilines is 1. The lowest BCUT2D eigenvalue weighted by Gasteiger charge is -2.00. The number of phenolic OH excluding ortho intramolecular Hbond substituents is 1. The van der Waals surface area contributed by atoms with Gasteiger partial charge in [-0.3, -0.25) is 0 Å². The molecular formula is C24H23N3O. The van der Waals surface area contributed by atoms with Crippen molar-refractivity contribution in [1.29, 1.82) is 0 Å². The van der Waals surface area contributed by atoms with Crippen LogP contribution in [0.5, 0.6) is 5.75 Å². The maximum atomic E-state index is 9.13. The lowest BCUT2D eigenvalue weighted by atomic mass is 10.1. The Kier molecular flexibility index (Phi) is 6.02. The number of nitrogens with zero attached hydrogens (tertiary/aromatic N) is 2. The van der Waals surface area contributed by atoms with Crippen molar-refractivity contribution >= 4 is 27.8 Å². The molecule has 4 nitrogen and oxygen atoms in total. The summed E-state index contributed by atoms with van der Waals surface area (Å²) >= 11 is 0. The van der Waals surface area contributed by atoms with Crippen LogP contribution in [-0.2, 0) is 0 Å². The average molecular weight is 369 g/mol. The zero-order valence-corrected chi connectivity index (χ0v) is 16.0. The van der Waals surface area contributed by atoms with Gasteiger partial charge in [0.05, 0.1) is 11.4 Å². The fraction of sp³-hybridized carbons (Fsp3) is 0.0833. The van der Waals surface area contributed by atoms with E-state index in [1.165, 1.54) is 0 Å². The highest BCUT2D eigenvalue weighted by atomic mass is 16.3. The van der Waals surface area contributed by atoms with Crippen molar-refractivity contribution in [3.8, 4) is 5.75 Å². The molecule has 0 radical (unpaired) electrons. The van der Waals surface area contributed by atoms with Crippen LogP contribution in [-0.4, -0.2) is 5.11 Å². The molecule has 0 fully saturated rings. The molecule has 140 valence electrons. The van der Waals surface area contributed by atoms with Gasteiger partial charge in [0.2, 0.25) is 0 Å². The molecule has 0 bridgehead atoms. The summed E-state index contributed by atoms with van der Waals surface area (Å²) in [6.45, 7) is 3.98. The number of aryl methyl sites for hydroxylation is 2. The molecule has 28 heavy (non-hydrogen) atoms. The molecule has 0 aliphatic heterocycles. The number of benzene rings is 4. The van der Waals surface area contributed by atoms with Crippen molar-refractivity contribution in [2.45, 2.75) is 13.8 Å². The first-order valence-corrected chi connectivity index (χ1v) is 9.04. The Morgan fingerprint density at radius 2 is 1.39 bits per heavy atom. The van der Waals surface area contributed by atoms with Gasteiger partial charge < -0.3 is 10.8 Å². The number of nitrogen functional groups attached to an aromatic ring is 1. The molecule has 0 spiro atoms. The molecule has 3 N–H and O–H groups in total. The topological polar surface area (TPSA) is 71.0 Å². The Hall–Kier alpha value is -3.66. The van der Waals surface area contributed by atoms with Crippen LogP contribution in [0.2, 0.25) is 0 Å². The number of aromatic hydroxyl groups is 1. The van der Waals surface area contributed by atoms with E-state index in [0.29, 0.717) is 5.75 Å². The second-order valence-electron chi connectivity index (χ2n) is 6.56. The summed E-state index contributed by atoms with van der Waals surface area (Å²) in [6.07, 6.45) is 0. The van der Waals surface area contributed by atoms with Crippen LogP contribution in [0.3, 0.4) is 0 Å². The predicted molar refractivity (Wildman–Crippen MR) is 117 cm³/mol. The first-order chi connectivity index (χ1) is 13.5. The van der Waals surface area contributed by atoms with Crippen molar-refractivity contribution in [3.63, 3.8) is 0 Å². The Bertz CT molecular complexity index is 1120. The molecule has 0 aliphatic rings. The van der Waals surface area contributed by atoms with E-state index < -0.39 is 0 Å². The van der Waals surface area contributed by atoms with Crippen LogP contribution in [0.1, 0.15) is 11.1 Å². The smallest absolute Gasteiger partial charge is 0.116 e. The number of hydrogen-bond acceptors (Lipinski definition) is 4. The molecule has 0 aliphatic carbocycles. The van der Waals surface area contributed by atoms with Gasteiger partial charge in [-0.15, -0.1) is 0 Å². The number of azo groups is 1. The minimum atomic E-state index is 0.323. The van der Waals surface area contributed by atoms with E-state index in [9.17, 15) is 0 Å². The molecule has 0 saturated carbocycles. The molecule has 0 unspecified atom stereocenters. The van der Waals surface area contributed by atoms with E-state index in [4.69, 9.17) is 10.8 Å². The van der Waals surface area contributed by atoms with Crippen LogP contribution in [0, 0.1) is 13.8 Å². The number of rotatable bonds is 2. The molecule has 4 aromatic carbocycles. The van der Waals surface area contributed by atoms with E-state index in [1.54, 1.807) is 12.1 Å². The Balaban J connectivity index is 0.000000176. The normalized spacial score (nSPS) is 10.6. The number of fused-ring (bicyclic) bond motifs is 1. The number of phenols is 1. The van der Waals surface area contributed by atoms with Crippen molar-refractivity contribution in [2.24, 2.45) is 10.2 Å². The Morgan fingerprint density at radius 3 is 2.14 bits per heavy atom. The SMILES string of the molecule is Cc1cc(N=Nc2ccccc2C)ccc1N.Oc1ccc2ccccc2c1. The Labute approximate surface area is 165 Å². The van der Waals surface area contributed by atoms with Gasteiger partial charge in [0.1, 0.15) is 5.75 Å². The van der Waals surface area contributed by atoms with E-state index in [0.717, 1.165) is 39.0 Å². The molecule has 4 aromatic rings. The highest BCUT2D eigenvalue weighted by molar-refractivity contribution is 5.83. The van der Waals surface area contributed by atoms with Gasteiger partial charge in [-0.25, -0.2) is 0 Å². The summed E-state index contributed by atoms with van der Waals surface area (Å²) in [6, 6.07) is 26.9. The summed E-state index contributed by atoms with van der Waals surface area (Å²) in [4.78, 5) is 0. The largest absolute Gasteiger partial charge is 0.508 e. The molecular weight excluding hydrogens is 346 g/mol. The van der Waals surface area contributed by atoms with Crippen LogP contribution >= 0.6 is 0 Å². The monoisotopic (exact) mass is 369 g/mol. The lowest BCUT2D eigenvalue weighted by Crippen LogP contribution is -1.87. The van der Waals surface area contributed by atoms with Crippen molar-refractivity contribution in [1.82, 2.24) is 0 Å². The van der Waals surface area contributed by atoms with E-state index in [2.05, 4.69) is 10.2 Å².